The fourth-order valence-electron chi connectivity index (χ4n) is 2.95. The Balaban J connectivity index is 1.66. The number of carbonyl (C=O) groups excluding carboxylic acids is 1. The summed E-state index contributed by atoms with van der Waals surface area (Å²) in [6.45, 7) is 4.38. The molecule has 1 aliphatic rings. The summed E-state index contributed by atoms with van der Waals surface area (Å²) in [6.07, 6.45) is 0.394. The second kappa shape index (κ2) is 6.45. The molecule has 1 amide bonds. The van der Waals surface area contributed by atoms with Gasteiger partial charge in [0.2, 0.25) is 0 Å². The highest BCUT2D eigenvalue weighted by atomic mass is 16.4. The molecule has 3 rings (SSSR count). The van der Waals surface area contributed by atoms with Gasteiger partial charge >= 0.3 is 5.97 Å². The zero-order chi connectivity index (χ0) is 17.3. The molecular formula is C17H20N4O3. The van der Waals surface area contributed by atoms with Crippen LogP contribution in [0, 0.1) is 13.8 Å². The zero-order valence-electron chi connectivity index (χ0n) is 13.6. The summed E-state index contributed by atoms with van der Waals surface area (Å²) in [5.41, 5.74) is 3.40. The number of nitrogens with one attached hydrogen (secondary N) is 2. The molecule has 1 saturated heterocycles. The number of carboxylic acids is 1. The van der Waals surface area contributed by atoms with Gasteiger partial charge in [0.05, 0.1) is 11.4 Å². The van der Waals surface area contributed by atoms with Gasteiger partial charge in [-0.05, 0) is 50.6 Å². The molecule has 0 radical (unpaired) electrons. The van der Waals surface area contributed by atoms with E-state index in [0.717, 1.165) is 17.1 Å². The van der Waals surface area contributed by atoms with E-state index in [1.165, 1.54) is 0 Å². The third kappa shape index (κ3) is 3.30. The molecule has 7 heteroatoms. The van der Waals surface area contributed by atoms with Gasteiger partial charge < -0.3 is 15.7 Å². The van der Waals surface area contributed by atoms with Crippen LogP contribution in [-0.4, -0.2) is 45.4 Å². The number of aromatic nitrogens is 2. The fourth-order valence-corrected chi connectivity index (χ4v) is 2.95. The molecule has 0 aliphatic carbocycles. The third-order valence-corrected chi connectivity index (χ3v) is 4.15. The van der Waals surface area contributed by atoms with Crippen molar-refractivity contribution in [1.29, 1.82) is 0 Å². The topological polar surface area (TPSA) is 96.2 Å². The van der Waals surface area contributed by atoms with Gasteiger partial charge in [0.15, 0.2) is 0 Å². The van der Waals surface area contributed by atoms with Gasteiger partial charge in [-0.2, -0.15) is 5.10 Å². The van der Waals surface area contributed by atoms with Crippen LogP contribution in [0.15, 0.2) is 30.3 Å². The Morgan fingerprint density at radius 3 is 2.54 bits per heavy atom. The number of amides is 1. The maximum atomic E-state index is 12.3. The number of benzene rings is 1. The van der Waals surface area contributed by atoms with Crippen LogP contribution < -0.4 is 10.6 Å². The lowest BCUT2D eigenvalue weighted by atomic mass is 10.1. The molecule has 1 aromatic heterocycles. The minimum Gasteiger partial charge on any atom is -0.480 e. The van der Waals surface area contributed by atoms with Gasteiger partial charge in [-0.25, -0.2) is 4.68 Å². The number of carbonyl (C=O) groups is 2. The number of hydrogen-bond donors (Lipinski definition) is 3. The van der Waals surface area contributed by atoms with Crippen molar-refractivity contribution in [3.8, 4) is 5.69 Å². The molecule has 0 spiro atoms. The first-order valence-electron chi connectivity index (χ1n) is 7.85. The molecule has 1 fully saturated rings. The Labute approximate surface area is 139 Å². The van der Waals surface area contributed by atoms with E-state index >= 15 is 0 Å². The smallest absolute Gasteiger partial charge is 0.320 e. The molecule has 2 aromatic rings. The predicted molar refractivity (Wildman–Crippen MR) is 88.3 cm³/mol. The summed E-state index contributed by atoms with van der Waals surface area (Å²) in [7, 11) is 0. The molecule has 0 unspecified atom stereocenters. The molecular weight excluding hydrogens is 308 g/mol. The quantitative estimate of drug-likeness (QED) is 0.779. The van der Waals surface area contributed by atoms with Gasteiger partial charge in [-0.15, -0.1) is 0 Å². The number of aryl methyl sites for hydroxylation is 2. The first-order chi connectivity index (χ1) is 11.4. The van der Waals surface area contributed by atoms with Crippen molar-refractivity contribution in [2.75, 3.05) is 6.54 Å². The van der Waals surface area contributed by atoms with Crippen LogP contribution in [0.5, 0.6) is 0 Å². The summed E-state index contributed by atoms with van der Waals surface area (Å²) in [5.74, 6) is -1.09. The van der Waals surface area contributed by atoms with Crippen LogP contribution in [0.4, 0.5) is 0 Å². The van der Waals surface area contributed by atoms with Crippen molar-refractivity contribution in [2.24, 2.45) is 0 Å². The third-order valence-electron chi connectivity index (χ3n) is 4.15. The van der Waals surface area contributed by atoms with Crippen LogP contribution in [0.2, 0.25) is 0 Å². The summed E-state index contributed by atoms with van der Waals surface area (Å²) in [6, 6.07) is 8.42. The Morgan fingerprint density at radius 1 is 1.29 bits per heavy atom. The monoisotopic (exact) mass is 328 g/mol. The lowest BCUT2D eigenvalue weighted by Gasteiger charge is -2.12. The second-order valence-corrected chi connectivity index (χ2v) is 6.09. The predicted octanol–water partition coefficient (Wildman–Crippen LogP) is 1.03. The molecule has 24 heavy (non-hydrogen) atoms. The Kier molecular flexibility index (Phi) is 4.35. The summed E-state index contributed by atoms with van der Waals surface area (Å²) in [4.78, 5) is 23.2. The average molecular weight is 328 g/mol. The summed E-state index contributed by atoms with van der Waals surface area (Å²) < 4.78 is 1.83. The van der Waals surface area contributed by atoms with E-state index in [0.29, 0.717) is 18.5 Å². The SMILES string of the molecule is Cc1cc(C)n(-c2ccc(C(=O)N[C@@H]3CN[C@H](C(=O)O)C3)cc2)n1. The summed E-state index contributed by atoms with van der Waals surface area (Å²) in [5, 5.41) is 19.1. The van der Waals surface area contributed by atoms with Crippen molar-refractivity contribution in [1.82, 2.24) is 20.4 Å². The van der Waals surface area contributed by atoms with E-state index in [9.17, 15) is 9.59 Å². The second-order valence-electron chi connectivity index (χ2n) is 6.09. The molecule has 2 heterocycles. The van der Waals surface area contributed by atoms with Crippen LogP contribution >= 0.6 is 0 Å². The van der Waals surface area contributed by atoms with Gasteiger partial charge in [0.1, 0.15) is 6.04 Å². The van der Waals surface area contributed by atoms with Crippen LogP contribution in [0.1, 0.15) is 28.2 Å². The van der Waals surface area contributed by atoms with E-state index in [2.05, 4.69) is 15.7 Å². The van der Waals surface area contributed by atoms with Gasteiger partial charge in [-0.1, -0.05) is 0 Å². The van der Waals surface area contributed by atoms with E-state index in [1.54, 1.807) is 12.1 Å². The fraction of sp³-hybridized carbons (Fsp3) is 0.353. The highest BCUT2D eigenvalue weighted by Gasteiger charge is 2.30. The van der Waals surface area contributed by atoms with E-state index in [-0.39, 0.29) is 11.9 Å². The van der Waals surface area contributed by atoms with E-state index in [4.69, 9.17) is 5.11 Å². The van der Waals surface area contributed by atoms with Crippen molar-refractivity contribution in [3.05, 3.63) is 47.3 Å². The molecule has 7 nitrogen and oxygen atoms in total. The number of hydrogen-bond acceptors (Lipinski definition) is 4. The molecule has 1 aliphatic heterocycles. The molecule has 3 N–H and O–H groups in total. The van der Waals surface area contributed by atoms with Gasteiger partial charge in [0.25, 0.3) is 5.91 Å². The van der Waals surface area contributed by atoms with Crippen LogP contribution in [-0.2, 0) is 4.79 Å². The number of carboxylic acid groups (broad SMARTS) is 1. The summed E-state index contributed by atoms with van der Waals surface area (Å²) >= 11 is 0. The Bertz CT molecular complexity index is 767. The van der Waals surface area contributed by atoms with Crippen molar-refractivity contribution in [3.63, 3.8) is 0 Å². The first kappa shape index (κ1) is 16.2. The maximum Gasteiger partial charge on any atom is 0.320 e. The number of rotatable bonds is 4. The zero-order valence-corrected chi connectivity index (χ0v) is 13.6. The van der Waals surface area contributed by atoms with E-state index < -0.39 is 12.0 Å². The molecule has 1 aromatic carbocycles. The van der Waals surface area contributed by atoms with Crippen molar-refractivity contribution in [2.45, 2.75) is 32.4 Å². The van der Waals surface area contributed by atoms with E-state index in [1.807, 2.05) is 36.7 Å². The average Bonchev–Trinajstić information content (AvgIpc) is 3.14. The molecule has 0 saturated carbocycles. The molecule has 2 atom stereocenters. The molecule has 126 valence electrons. The Hall–Kier alpha value is -2.67. The highest BCUT2D eigenvalue weighted by molar-refractivity contribution is 5.94. The lowest BCUT2D eigenvalue weighted by Crippen LogP contribution is -2.36. The highest BCUT2D eigenvalue weighted by Crippen LogP contribution is 2.14. The van der Waals surface area contributed by atoms with Gasteiger partial charge in [-0.3, -0.25) is 9.59 Å². The number of nitrogens with zero attached hydrogens (tertiary/aromatic N) is 2. The minimum absolute atomic E-state index is 0.172. The van der Waals surface area contributed by atoms with Crippen LogP contribution in [0.3, 0.4) is 0 Å². The lowest BCUT2D eigenvalue weighted by molar-refractivity contribution is -0.139. The largest absolute Gasteiger partial charge is 0.480 e. The van der Waals surface area contributed by atoms with Crippen molar-refractivity contribution < 1.29 is 14.7 Å². The Morgan fingerprint density at radius 2 is 2.00 bits per heavy atom. The normalized spacial score (nSPS) is 20.1. The maximum absolute atomic E-state index is 12.3. The minimum atomic E-state index is -0.888. The van der Waals surface area contributed by atoms with Gasteiger partial charge in [0, 0.05) is 23.8 Å². The van der Waals surface area contributed by atoms with Crippen LogP contribution in [0.25, 0.3) is 5.69 Å². The molecule has 0 bridgehead atoms. The van der Waals surface area contributed by atoms with Crippen molar-refractivity contribution >= 4 is 11.9 Å². The first-order valence-corrected chi connectivity index (χ1v) is 7.85. The number of aliphatic carboxylic acids is 1. The standard InChI is InChI=1S/C17H20N4O3/c1-10-7-11(2)21(20-10)14-5-3-12(4-6-14)16(22)19-13-8-15(17(23)24)18-9-13/h3-7,13,15,18H,8-9H2,1-2H3,(H,19,22)(H,23,24)/t13-,15-/m0/s1.